The molecular weight excluding hydrogens is 195 g/mol. The van der Waals surface area contributed by atoms with Crippen LogP contribution in [0.1, 0.15) is 12.5 Å². The Labute approximate surface area is 86.3 Å². The molecule has 0 saturated heterocycles. The summed E-state index contributed by atoms with van der Waals surface area (Å²) in [4.78, 5) is 15.1. The van der Waals surface area contributed by atoms with Gasteiger partial charge in [0.1, 0.15) is 5.82 Å². The molecule has 0 bridgehead atoms. The van der Waals surface area contributed by atoms with Crippen LogP contribution in [-0.4, -0.2) is 11.6 Å². The van der Waals surface area contributed by atoms with Crippen molar-refractivity contribution in [1.29, 1.82) is 0 Å². The molecule has 4 heteroatoms. The number of rotatable bonds is 1. The fourth-order valence-corrected chi connectivity index (χ4v) is 1.38. The third-order valence-electron chi connectivity index (χ3n) is 2.12. The maximum Gasteiger partial charge on any atom is 0.195 e. The second-order valence-electron chi connectivity index (χ2n) is 3.28. The number of carbonyl (C=O) groups excluding carboxylic acids is 1. The van der Waals surface area contributed by atoms with Crippen molar-refractivity contribution in [3.8, 4) is 0 Å². The molecule has 0 amide bonds. The van der Waals surface area contributed by atoms with Gasteiger partial charge in [0.15, 0.2) is 11.6 Å². The molecule has 0 aliphatic carbocycles. The van der Waals surface area contributed by atoms with E-state index in [-0.39, 0.29) is 17.4 Å². The molecule has 0 radical (unpaired) electrons. The van der Waals surface area contributed by atoms with Crippen LogP contribution in [0.5, 0.6) is 0 Å². The van der Waals surface area contributed by atoms with Gasteiger partial charge >= 0.3 is 0 Å². The van der Waals surface area contributed by atoms with Crippen LogP contribution in [0.4, 0.5) is 10.1 Å². The standard InChI is InChI=1S/C11H9FN2O/c1-6-9-4-3-8(12)5-10(9)14-11(13-6)7(2)15/h3-5H,1H2,2H3,(H,13,14). The summed E-state index contributed by atoms with van der Waals surface area (Å²) in [7, 11) is 0. The van der Waals surface area contributed by atoms with Crippen LogP contribution in [0.2, 0.25) is 0 Å². The zero-order chi connectivity index (χ0) is 11.0. The highest BCUT2D eigenvalue weighted by molar-refractivity contribution is 6.40. The van der Waals surface area contributed by atoms with E-state index in [0.717, 1.165) is 0 Å². The lowest BCUT2D eigenvalue weighted by atomic mass is 10.1. The monoisotopic (exact) mass is 204 g/mol. The van der Waals surface area contributed by atoms with Crippen molar-refractivity contribution in [2.45, 2.75) is 6.92 Å². The largest absolute Gasteiger partial charge is 0.337 e. The third-order valence-corrected chi connectivity index (χ3v) is 2.12. The molecule has 76 valence electrons. The maximum atomic E-state index is 12.9. The average Bonchev–Trinajstić information content (AvgIpc) is 2.16. The Morgan fingerprint density at radius 3 is 2.93 bits per heavy atom. The number of nitrogens with zero attached hydrogens (tertiary/aromatic N) is 1. The molecule has 2 rings (SSSR count). The zero-order valence-corrected chi connectivity index (χ0v) is 8.17. The van der Waals surface area contributed by atoms with Crippen LogP contribution in [0.15, 0.2) is 29.8 Å². The number of benzene rings is 1. The summed E-state index contributed by atoms with van der Waals surface area (Å²) in [5, 5.41) is 2.77. The van der Waals surface area contributed by atoms with Gasteiger partial charge in [-0.25, -0.2) is 9.38 Å². The van der Waals surface area contributed by atoms with E-state index >= 15 is 0 Å². The van der Waals surface area contributed by atoms with Crippen LogP contribution in [0, 0.1) is 5.82 Å². The van der Waals surface area contributed by atoms with Crippen LogP contribution < -0.4 is 5.32 Å². The van der Waals surface area contributed by atoms with Gasteiger partial charge in [-0.05, 0) is 12.1 Å². The predicted molar refractivity (Wildman–Crippen MR) is 56.3 cm³/mol. The Hall–Kier alpha value is -1.97. The summed E-state index contributed by atoms with van der Waals surface area (Å²) < 4.78 is 12.9. The molecule has 0 unspecified atom stereocenters. The Kier molecular flexibility index (Phi) is 2.11. The maximum absolute atomic E-state index is 12.9. The minimum absolute atomic E-state index is 0.193. The summed E-state index contributed by atoms with van der Waals surface area (Å²) in [5.74, 6) is -0.390. The number of ketones is 1. The lowest BCUT2D eigenvalue weighted by molar-refractivity contribution is -0.111. The highest BCUT2D eigenvalue weighted by Gasteiger charge is 2.17. The summed E-state index contributed by atoms with van der Waals surface area (Å²) in [6, 6.07) is 4.20. The molecule has 1 heterocycles. The van der Waals surface area contributed by atoms with Crippen molar-refractivity contribution >= 4 is 23.0 Å². The SMILES string of the molecule is C=C1NC(C(C)=O)=Nc2cc(F)ccc21. The quantitative estimate of drug-likeness (QED) is 0.760. The predicted octanol–water partition coefficient (Wildman–Crippen LogP) is 2.02. The number of halogens is 1. The number of fused-ring (bicyclic) bond motifs is 1. The molecule has 1 aliphatic heterocycles. The summed E-state index contributed by atoms with van der Waals surface area (Å²) in [5.41, 5.74) is 1.70. The molecule has 0 spiro atoms. The molecule has 0 aromatic heterocycles. The number of carbonyl (C=O) groups is 1. The third kappa shape index (κ3) is 1.66. The molecule has 0 fully saturated rings. The number of aliphatic imine (C=N–C) groups is 1. The highest BCUT2D eigenvalue weighted by Crippen LogP contribution is 2.28. The van der Waals surface area contributed by atoms with Gasteiger partial charge in [0.05, 0.1) is 5.69 Å². The lowest BCUT2D eigenvalue weighted by Gasteiger charge is -2.17. The van der Waals surface area contributed by atoms with Crippen molar-refractivity contribution in [3.63, 3.8) is 0 Å². The molecule has 1 aromatic rings. The van der Waals surface area contributed by atoms with E-state index < -0.39 is 0 Å². The average molecular weight is 204 g/mol. The van der Waals surface area contributed by atoms with E-state index in [2.05, 4.69) is 16.9 Å². The second-order valence-corrected chi connectivity index (χ2v) is 3.28. The number of hydrogen-bond acceptors (Lipinski definition) is 3. The molecule has 1 aromatic carbocycles. The zero-order valence-electron chi connectivity index (χ0n) is 8.17. The smallest absolute Gasteiger partial charge is 0.195 e. The molecule has 15 heavy (non-hydrogen) atoms. The topological polar surface area (TPSA) is 41.5 Å². The second kappa shape index (κ2) is 3.31. The van der Waals surface area contributed by atoms with Crippen LogP contribution in [0.3, 0.4) is 0 Å². The number of nitrogens with one attached hydrogen (secondary N) is 1. The number of amidine groups is 1. The van der Waals surface area contributed by atoms with E-state index in [1.807, 2.05) is 0 Å². The Morgan fingerprint density at radius 2 is 2.27 bits per heavy atom. The Morgan fingerprint density at radius 1 is 1.53 bits per heavy atom. The van der Waals surface area contributed by atoms with Crippen LogP contribution in [-0.2, 0) is 4.79 Å². The van der Waals surface area contributed by atoms with Crippen molar-refractivity contribution in [3.05, 3.63) is 36.2 Å². The fraction of sp³-hybridized carbons (Fsp3) is 0.0909. The normalized spacial score (nSPS) is 14.0. The van der Waals surface area contributed by atoms with Gasteiger partial charge in [-0.3, -0.25) is 4.79 Å². The minimum Gasteiger partial charge on any atom is -0.337 e. The molecule has 1 aliphatic rings. The fourth-order valence-electron chi connectivity index (χ4n) is 1.38. The summed E-state index contributed by atoms with van der Waals surface area (Å²) in [6.45, 7) is 5.14. The van der Waals surface area contributed by atoms with Crippen LogP contribution >= 0.6 is 0 Å². The van der Waals surface area contributed by atoms with E-state index in [1.165, 1.54) is 19.1 Å². The Balaban J connectivity index is 2.58. The number of Topliss-reactive ketones (excluding diaryl/α,β-unsaturated/α-hetero) is 1. The van der Waals surface area contributed by atoms with Crippen molar-refractivity contribution in [2.24, 2.45) is 4.99 Å². The van der Waals surface area contributed by atoms with Gasteiger partial charge in [0.2, 0.25) is 0 Å². The molecular formula is C11H9FN2O. The lowest BCUT2D eigenvalue weighted by Crippen LogP contribution is -2.30. The van der Waals surface area contributed by atoms with Crippen molar-refractivity contribution in [1.82, 2.24) is 5.32 Å². The summed E-state index contributed by atoms with van der Waals surface area (Å²) >= 11 is 0. The van der Waals surface area contributed by atoms with E-state index in [9.17, 15) is 9.18 Å². The van der Waals surface area contributed by atoms with Crippen molar-refractivity contribution in [2.75, 3.05) is 0 Å². The highest BCUT2D eigenvalue weighted by atomic mass is 19.1. The molecule has 0 atom stereocenters. The molecule has 3 nitrogen and oxygen atoms in total. The first-order valence-corrected chi connectivity index (χ1v) is 4.43. The first-order chi connectivity index (χ1) is 7.08. The minimum atomic E-state index is -0.380. The van der Waals surface area contributed by atoms with Gasteiger partial charge in [0.25, 0.3) is 0 Å². The van der Waals surface area contributed by atoms with Crippen molar-refractivity contribution < 1.29 is 9.18 Å². The first-order valence-electron chi connectivity index (χ1n) is 4.43. The Bertz CT molecular complexity index is 491. The van der Waals surface area contributed by atoms with E-state index in [1.54, 1.807) is 6.07 Å². The van der Waals surface area contributed by atoms with Gasteiger partial charge in [0, 0.05) is 24.3 Å². The van der Waals surface area contributed by atoms with Gasteiger partial charge < -0.3 is 5.32 Å². The molecule has 0 saturated carbocycles. The van der Waals surface area contributed by atoms with Gasteiger partial charge in [-0.2, -0.15) is 0 Å². The van der Waals surface area contributed by atoms with Gasteiger partial charge in [-0.15, -0.1) is 0 Å². The first kappa shape index (κ1) is 9.58. The van der Waals surface area contributed by atoms with Gasteiger partial charge in [-0.1, -0.05) is 6.58 Å². The van der Waals surface area contributed by atoms with E-state index in [4.69, 9.17) is 0 Å². The number of hydrogen-bond donors (Lipinski definition) is 1. The van der Waals surface area contributed by atoms with E-state index in [0.29, 0.717) is 16.9 Å². The summed E-state index contributed by atoms with van der Waals surface area (Å²) in [6.07, 6.45) is 0. The van der Waals surface area contributed by atoms with Crippen LogP contribution in [0.25, 0.3) is 5.70 Å². The molecule has 1 N–H and O–H groups in total.